The fraction of sp³-hybridized carbons (Fsp3) is 0.111. The van der Waals surface area contributed by atoms with E-state index < -0.39 is 0 Å². The van der Waals surface area contributed by atoms with E-state index in [-0.39, 0.29) is 24.3 Å². The van der Waals surface area contributed by atoms with E-state index in [2.05, 4.69) is 20.3 Å². The van der Waals surface area contributed by atoms with Gasteiger partial charge >= 0.3 is 0 Å². The van der Waals surface area contributed by atoms with Crippen molar-refractivity contribution >= 4 is 33.7 Å². The average Bonchev–Trinajstić information content (AvgIpc) is 3.07. The minimum Gasteiger partial charge on any atom is -0.443 e. The Labute approximate surface area is 141 Å². The van der Waals surface area contributed by atoms with Crippen LogP contribution in [0.1, 0.15) is 12.1 Å². The minimum absolute atomic E-state index is 0.158. The van der Waals surface area contributed by atoms with Crippen molar-refractivity contribution in [2.24, 2.45) is 0 Å². The number of rotatable bonds is 4. The molecule has 7 nitrogen and oxygen atoms in total. The Bertz CT molecular complexity index is 1130. The van der Waals surface area contributed by atoms with Gasteiger partial charge in [-0.05, 0) is 30.3 Å². The molecule has 2 aromatic carbocycles. The Morgan fingerprint density at radius 3 is 2.96 bits per heavy atom. The van der Waals surface area contributed by atoms with Crippen LogP contribution in [0.25, 0.3) is 22.1 Å². The van der Waals surface area contributed by atoms with Crippen molar-refractivity contribution in [2.75, 3.05) is 5.32 Å². The fourth-order valence-electron chi connectivity index (χ4n) is 2.63. The molecule has 0 saturated heterocycles. The van der Waals surface area contributed by atoms with Gasteiger partial charge < -0.3 is 14.7 Å². The predicted octanol–water partition coefficient (Wildman–Crippen LogP) is 2.64. The molecule has 0 aliphatic carbocycles. The third-order valence-corrected chi connectivity index (χ3v) is 3.87. The van der Waals surface area contributed by atoms with E-state index in [0.29, 0.717) is 33.5 Å². The molecular weight excluding hydrogens is 320 g/mol. The first-order chi connectivity index (χ1) is 12.2. The van der Waals surface area contributed by atoms with Crippen molar-refractivity contribution in [1.82, 2.24) is 15.0 Å². The number of oxazole rings is 1. The van der Waals surface area contributed by atoms with Crippen molar-refractivity contribution in [3.63, 3.8) is 0 Å². The molecule has 124 valence electrons. The highest BCUT2D eigenvalue weighted by Crippen LogP contribution is 2.17. The summed E-state index contributed by atoms with van der Waals surface area (Å²) in [5, 5.41) is 2.79. The molecule has 25 heavy (non-hydrogen) atoms. The molecule has 0 saturated carbocycles. The first-order valence-electron chi connectivity index (χ1n) is 7.80. The number of anilines is 1. The van der Waals surface area contributed by atoms with Gasteiger partial charge in [-0.15, -0.1) is 0 Å². The van der Waals surface area contributed by atoms with E-state index in [1.54, 1.807) is 24.3 Å². The third kappa shape index (κ3) is 3.12. The first-order valence-corrected chi connectivity index (χ1v) is 7.80. The van der Waals surface area contributed by atoms with Gasteiger partial charge in [0.15, 0.2) is 12.0 Å². The molecular formula is C18H14N4O3. The number of carbonyl (C=O) groups excluding carboxylic acids is 1. The zero-order valence-corrected chi connectivity index (χ0v) is 13.2. The molecule has 2 heterocycles. The molecule has 0 aliphatic rings. The monoisotopic (exact) mass is 334 g/mol. The smallest absolute Gasteiger partial charge is 0.270 e. The van der Waals surface area contributed by atoms with Gasteiger partial charge in [0.05, 0.1) is 11.0 Å². The van der Waals surface area contributed by atoms with Crippen molar-refractivity contribution in [2.45, 2.75) is 12.8 Å². The summed E-state index contributed by atoms with van der Waals surface area (Å²) in [7, 11) is 0. The van der Waals surface area contributed by atoms with Gasteiger partial charge in [0, 0.05) is 18.5 Å². The molecule has 0 radical (unpaired) electrons. The van der Waals surface area contributed by atoms with Crippen LogP contribution < -0.4 is 10.9 Å². The first kappa shape index (κ1) is 15.1. The van der Waals surface area contributed by atoms with Gasteiger partial charge in [-0.3, -0.25) is 9.59 Å². The van der Waals surface area contributed by atoms with Gasteiger partial charge in [-0.25, -0.2) is 9.97 Å². The number of hydrogen-bond donors (Lipinski definition) is 2. The van der Waals surface area contributed by atoms with E-state index >= 15 is 0 Å². The topological polar surface area (TPSA) is 101 Å². The number of hydrogen-bond acceptors (Lipinski definition) is 5. The highest BCUT2D eigenvalue weighted by Gasteiger charge is 2.09. The number of para-hydroxylation sites is 2. The summed E-state index contributed by atoms with van der Waals surface area (Å²) in [6, 6.07) is 12.5. The molecule has 2 N–H and O–H groups in total. The average molecular weight is 334 g/mol. The molecule has 7 heteroatoms. The maximum Gasteiger partial charge on any atom is 0.270 e. The number of benzene rings is 2. The summed E-state index contributed by atoms with van der Waals surface area (Å²) in [5.41, 5.74) is 3.43. The number of fused-ring (bicyclic) bond motifs is 2. The van der Waals surface area contributed by atoms with Gasteiger partial charge in [-0.1, -0.05) is 12.1 Å². The molecule has 0 spiro atoms. The molecule has 4 rings (SSSR count). The van der Waals surface area contributed by atoms with Gasteiger partial charge in [0.2, 0.25) is 5.91 Å². The Morgan fingerprint density at radius 1 is 1.16 bits per heavy atom. The number of carbonyl (C=O) groups is 1. The number of aromatic nitrogens is 3. The quantitative estimate of drug-likeness (QED) is 0.597. The summed E-state index contributed by atoms with van der Waals surface area (Å²) < 4.78 is 5.16. The van der Waals surface area contributed by atoms with Crippen LogP contribution in [-0.4, -0.2) is 20.9 Å². The maximum atomic E-state index is 12.1. The lowest BCUT2D eigenvalue weighted by atomic mass is 10.2. The molecule has 0 fully saturated rings. The largest absolute Gasteiger partial charge is 0.443 e. The Hall–Kier alpha value is -3.48. The van der Waals surface area contributed by atoms with Crippen LogP contribution in [0.5, 0.6) is 0 Å². The molecule has 0 atom stereocenters. The van der Waals surface area contributed by atoms with Crippen LogP contribution in [0.3, 0.4) is 0 Å². The van der Waals surface area contributed by atoms with Crippen LogP contribution >= 0.6 is 0 Å². The second kappa shape index (κ2) is 6.20. The van der Waals surface area contributed by atoms with E-state index in [0.717, 1.165) is 0 Å². The van der Waals surface area contributed by atoms with Crippen molar-refractivity contribution in [3.05, 3.63) is 64.9 Å². The zero-order chi connectivity index (χ0) is 17.2. The van der Waals surface area contributed by atoms with Crippen LogP contribution in [0.4, 0.5) is 5.69 Å². The molecule has 2 aromatic heterocycles. The van der Waals surface area contributed by atoms with Crippen molar-refractivity contribution in [1.29, 1.82) is 0 Å². The molecule has 0 unspecified atom stereocenters. The fourth-order valence-corrected chi connectivity index (χ4v) is 2.63. The van der Waals surface area contributed by atoms with E-state index in [1.165, 1.54) is 6.39 Å². The zero-order valence-electron chi connectivity index (χ0n) is 13.2. The van der Waals surface area contributed by atoms with Crippen LogP contribution in [-0.2, 0) is 11.2 Å². The molecule has 4 aromatic rings. The lowest BCUT2D eigenvalue weighted by Crippen LogP contribution is -2.19. The Morgan fingerprint density at radius 2 is 2.04 bits per heavy atom. The molecule has 0 aliphatic heterocycles. The summed E-state index contributed by atoms with van der Waals surface area (Å²) in [4.78, 5) is 35.4. The van der Waals surface area contributed by atoms with Gasteiger partial charge in [0.25, 0.3) is 5.56 Å². The van der Waals surface area contributed by atoms with E-state index in [4.69, 9.17) is 4.42 Å². The Balaban J connectivity index is 1.46. The third-order valence-electron chi connectivity index (χ3n) is 3.87. The molecule has 1 amide bonds. The highest BCUT2D eigenvalue weighted by molar-refractivity contribution is 5.92. The van der Waals surface area contributed by atoms with Crippen LogP contribution in [0.2, 0.25) is 0 Å². The van der Waals surface area contributed by atoms with E-state index in [1.807, 2.05) is 18.2 Å². The van der Waals surface area contributed by atoms with E-state index in [9.17, 15) is 9.59 Å². The maximum absolute atomic E-state index is 12.1. The van der Waals surface area contributed by atoms with Crippen LogP contribution in [0, 0.1) is 0 Å². The second-order valence-corrected chi connectivity index (χ2v) is 5.61. The number of nitrogens with one attached hydrogen (secondary N) is 2. The van der Waals surface area contributed by atoms with Gasteiger partial charge in [0.1, 0.15) is 11.2 Å². The second-order valence-electron chi connectivity index (χ2n) is 5.61. The number of H-pyrrole nitrogens is 1. The standard InChI is InChI=1S/C18H14N4O3/c23-17(20-11-5-7-16-15(9-11)19-10-25-16)8-6-14-18(24)22-13-4-2-1-3-12(13)21-14/h1-5,7,9-10H,6,8H2,(H,20,23)(H,22,24). The normalized spacial score (nSPS) is 11.0. The number of aromatic amines is 1. The number of aryl methyl sites for hydroxylation is 1. The van der Waals surface area contributed by atoms with Gasteiger partial charge in [-0.2, -0.15) is 0 Å². The SMILES string of the molecule is O=C(CCc1nc2ccccc2[nH]c1=O)Nc1ccc2ocnc2c1. The number of amides is 1. The Kier molecular flexibility index (Phi) is 3.74. The summed E-state index contributed by atoms with van der Waals surface area (Å²) in [6.07, 6.45) is 1.78. The number of nitrogens with zero attached hydrogens (tertiary/aromatic N) is 2. The van der Waals surface area contributed by atoms with Crippen molar-refractivity contribution < 1.29 is 9.21 Å². The van der Waals surface area contributed by atoms with Crippen LogP contribution in [0.15, 0.2) is 58.1 Å². The predicted molar refractivity (Wildman–Crippen MR) is 93.3 cm³/mol. The summed E-state index contributed by atoms with van der Waals surface area (Å²) in [5.74, 6) is -0.197. The minimum atomic E-state index is -0.268. The highest BCUT2D eigenvalue weighted by atomic mass is 16.3. The molecule has 0 bridgehead atoms. The van der Waals surface area contributed by atoms with Crippen molar-refractivity contribution in [3.8, 4) is 0 Å². The lowest BCUT2D eigenvalue weighted by Gasteiger charge is -2.05. The summed E-state index contributed by atoms with van der Waals surface area (Å²) >= 11 is 0. The lowest BCUT2D eigenvalue weighted by molar-refractivity contribution is -0.116. The summed E-state index contributed by atoms with van der Waals surface area (Å²) in [6.45, 7) is 0.